The molecule has 114 valence electrons. The van der Waals surface area contributed by atoms with Gasteiger partial charge < -0.3 is 15.1 Å². The fourth-order valence-corrected chi connectivity index (χ4v) is 2.70. The Hall–Kier alpha value is -2.49. The van der Waals surface area contributed by atoms with Crippen molar-refractivity contribution in [2.75, 3.05) is 42.9 Å². The van der Waals surface area contributed by atoms with Crippen molar-refractivity contribution in [3.05, 3.63) is 60.7 Å². The van der Waals surface area contributed by atoms with E-state index in [-0.39, 0.29) is 5.91 Å². The number of carbonyl (C=O) groups is 1. The second-order valence-corrected chi connectivity index (χ2v) is 5.42. The third-order valence-corrected chi connectivity index (χ3v) is 3.97. The molecule has 1 aliphatic heterocycles. The number of nitrogens with one attached hydrogen (secondary N) is 1. The number of piperazine rings is 1. The Balaban J connectivity index is 1.48. The van der Waals surface area contributed by atoms with Crippen LogP contribution in [0.25, 0.3) is 0 Å². The minimum absolute atomic E-state index is 0.163. The van der Waals surface area contributed by atoms with Gasteiger partial charge in [0, 0.05) is 37.6 Å². The van der Waals surface area contributed by atoms with E-state index in [0.717, 1.165) is 31.9 Å². The van der Waals surface area contributed by atoms with E-state index in [4.69, 9.17) is 0 Å². The van der Waals surface area contributed by atoms with Crippen LogP contribution in [0, 0.1) is 0 Å². The number of benzene rings is 2. The monoisotopic (exact) mass is 295 g/mol. The fraction of sp³-hybridized carbons (Fsp3) is 0.278. The van der Waals surface area contributed by atoms with E-state index in [1.54, 1.807) is 0 Å². The normalized spacial score (nSPS) is 14.7. The predicted octanol–water partition coefficient (Wildman–Crippen LogP) is 2.45. The van der Waals surface area contributed by atoms with Crippen LogP contribution in [-0.4, -0.2) is 43.5 Å². The van der Waals surface area contributed by atoms with Gasteiger partial charge in [-0.15, -0.1) is 0 Å². The van der Waals surface area contributed by atoms with Crippen LogP contribution in [-0.2, 0) is 4.79 Å². The summed E-state index contributed by atoms with van der Waals surface area (Å²) < 4.78 is 0. The van der Waals surface area contributed by atoms with Crippen LogP contribution in [0.2, 0.25) is 0 Å². The van der Waals surface area contributed by atoms with Gasteiger partial charge in [-0.3, -0.25) is 4.79 Å². The van der Waals surface area contributed by atoms with Gasteiger partial charge in [0.25, 0.3) is 0 Å². The molecule has 0 spiro atoms. The quantitative estimate of drug-likeness (QED) is 0.941. The van der Waals surface area contributed by atoms with Crippen LogP contribution in [0.4, 0.5) is 11.4 Å². The first kappa shape index (κ1) is 14.4. The number of hydrogen-bond donors (Lipinski definition) is 1. The first-order chi connectivity index (χ1) is 10.8. The van der Waals surface area contributed by atoms with Crippen LogP contribution in [0.5, 0.6) is 0 Å². The number of nitrogens with zero attached hydrogens (tertiary/aromatic N) is 2. The van der Waals surface area contributed by atoms with Crippen molar-refractivity contribution >= 4 is 17.3 Å². The molecule has 4 nitrogen and oxygen atoms in total. The van der Waals surface area contributed by atoms with Crippen molar-refractivity contribution < 1.29 is 4.79 Å². The zero-order chi connectivity index (χ0) is 15.2. The van der Waals surface area contributed by atoms with Crippen LogP contribution in [0.3, 0.4) is 0 Å². The summed E-state index contributed by atoms with van der Waals surface area (Å²) in [5.41, 5.74) is 2.22. The number of amides is 1. The Labute approximate surface area is 131 Å². The van der Waals surface area contributed by atoms with Crippen LogP contribution in [0.1, 0.15) is 0 Å². The first-order valence-corrected chi connectivity index (χ1v) is 7.69. The smallest absolute Gasteiger partial charge is 0.241 e. The molecule has 1 N–H and O–H groups in total. The maximum Gasteiger partial charge on any atom is 0.241 e. The SMILES string of the molecule is O=C(CNc1ccccc1)N1CCN(c2ccccc2)CC1. The molecule has 0 saturated carbocycles. The summed E-state index contributed by atoms with van der Waals surface area (Å²) >= 11 is 0. The van der Waals surface area contributed by atoms with Gasteiger partial charge in [-0.25, -0.2) is 0 Å². The topological polar surface area (TPSA) is 35.6 Å². The second-order valence-electron chi connectivity index (χ2n) is 5.42. The molecule has 0 atom stereocenters. The lowest BCUT2D eigenvalue weighted by Crippen LogP contribution is -2.50. The van der Waals surface area contributed by atoms with Crippen molar-refractivity contribution in [3.8, 4) is 0 Å². The van der Waals surface area contributed by atoms with Crippen molar-refractivity contribution in [2.45, 2.75) is 0 Å². The molecule has 0 bridgehead atoms. The van der Waals surface area contributed by atoms with Gasteiger partial charge in [-0.1, -0.05) is 36.4 Å². The van der Waals surface area contributed by atoms with E-state index < -0.39 is 0 Å². The van der Waals surface area contributed by atoms with E-state index in [1.807, 2.05) is 41.3 Å². The van der Waals surface area contributed by atoms with Crippen molar-refractivity contribution in [2.24, 2.45) is 0 Å². The lowest BCUT2D eigenvalue weighted by Gasteiger charge is -2.36. The summed E-state index contributed by atoms with van der Waals surface area (Å²) in [4.78, 5) is 16.5. The van der Waals surface area contributed by atoms with Crippen molar-refractivity contribution in [1.82, 2.24) is 4.90 Å². The molecule has 2 aromatic rings. The summed E-state index contributed by atoms with van der Waals surface area (Å²) in [6.07, 6.45) is 0. The van der Waals surface area contributed by atoms with Crippen molar-refractivity contribution in [1.29, 1.82) is 0 Å². The van der Waals surface area contributed by atoms with E-state index in [9.17, 15) is 4.79 Å². The standard InChI is InChI=1S/C18H21N3O/c22-18(15-19-16-7-3-1-4-8-16)21-13-11-20(12-14-21)17-9-5-2-6-10-17/h1-10,19H,11-15H2. The van der Waals surface area contributed by atoms with Crippen LogP contribution < -0.4 is 10.2 Å². The molecule has 1 heterocycles. The van der Waals surface area contributed by atoms with Gasteiger partial charge >= 0.3 is 0 Å². The Bertz CT molecular complexity index is 592. The van der Waals surface area contributed by atoms with Crippen LogP contribution in [0.15, 0.2) is 60.7 Å². The Morgan fingerprint density at radius 2 is 1.45 bits per heavy atom. The minimum Gasteiger partial charge on any atom is -0.376 e. The van der Waals surface area contributed by atoms with Gasteiger partial charge in [0.2, 0.25) is 5.91 Å². The molecule has 2 aromatic carbocycles. The highest BCUT2D eigenvalue weighted by Crippen LogP contribution is 2.15. The lowest BCUT2D eigenvalue weighted by atomic mass is 10.2. The van der Waals surface area contributed by atoms with E-state index in [0.29, 0.717) is 6.54 Å². The van der Waals surface area contributed by atoms with E-state index in [2.05, 4.69) is 34.5 Å². The first-order valence-electron chi connectivity index (χ1n) is 7.69. The number of carbonyl (C=O) groups excluding carboxylic acids is 1. The average molecular weight is 295 g/mol. The fourth-order valence-electron chi connectivity index (χ4n) is 2.70. The maximum atomic E-state index is 12.3. The van der Waals surface area contributed by atoms with Crippen LogP contribution >= 0.6 is 0 Å². The Morgan fingerprint density at radius 1 is 0.864 bits per heavy atom. The predicted molar refractivity (Wildman–Crippen MR) is 90.2 cm³/mol. The van der Waals surface area contributed by atoms with Gasteiger partial charge in [-0.2, -0.15) is 0 Å². The summed E-state index contributed by atoms with van der Waals surface area (Å²) in [5.74, 6) is 0.163. The third-order valence-electron chi connectivity index (χ3n) is 3.97. The molecular weight excluding hydrogens is 274 g/mol. The summed E-state index contributed by atoms with van der Waals surface area (Å²) in [6, 6.07) is 20.2. The number of hydrogen-bond acceptors (Lipinski definition) is 3. The zero-order valence-corrected chi connectivity index (χ0v) is 12.6. The molecule has 0 unspecified atom stereocenters. The van der Waals surface area contributed by atoms with E-state index >= 15 is 0 Å². The Kier molecular flexibility index (Phi) is 4.59. The molecule has 0 radical (unpaired) electrons. The molecule has 1 amide bonds. The van der Waals surface area contributed by atoms with Gasteiger partial charge in [0.05, 0.1) is 6.54 Å². The van der Waals surface area contributed by atoms with E-state index in [1.165, 1.54) is 5.69 Å². The third kappa shape index (κ3) is 3.58. The highest BCUT2D eigenvalue weighted by molar-refractivity contribution is 5.81. The highest BCUT2D eigenvalue weighted by Gasteiger charge is 2.20. The Morgan fingerprint density at radius 3 is 2.09 bits per heavy atom. The maximum absolute atomic E-state index is 12.3. The minimum atomic E-state index is 0.163. The molecule has 4 heteroatoms. The molecule has 1 fully saturated rings. The van der Waals surface area contributed by atoms with Gasteiger partial charge in [-0.05, 0) is 24.3 Å². The molecule has 3 rings (SSSR count). The number of para-hydroxylation sites is 2. The zero-order valence-electron chi connectivity index (χ0n) is 12.6. The summed E-state index contributed by atoms with van der Waals surface area (Å²) in [6.45, 7) is 3.70. The molecule has 0 aliphatic carbocycles. The molecule has 1 aliphatic rings. The largest absolute Gasteiger partial charge is 0.376 e. The molecule has 22 heavy (non-hydrogen) atoms. The molecule has 0 aromatic heterocycles. The van der Waals surface area contributed by atoms with Gasteiger partial charge in [0.1, 0.15) is 0 Å². The molecule has 1 saturated heterocycles. The average Bonchev–Trinajstić information content (AvgIpc) is 2.61. The number of rotatable bonds is 4. The number of anilines is 2. The summed E-state index contributed by atoms with van der Waals surface area (Å²) in [5, 5.41) is 3.18. The summed E-state index contributed by atoms with van der Waals surface area (Å²) in [7, 11) is 0. The second kappa shape index (κ2) is 6.98. The highest BCUT2D eigenvalue weighted by atomic mass is 16.2. The molecular formula is C18H21N3O. The van der Waals surface area contributed by atoms with Gasteiger partial charge in [0.15, 0.2) is 0 Å². The van der Waals surface area contributed by atoms with Crippen molar-refractivity contribution in [3.63, 3.8) is 0 Å². The lowest BCUT2D eigenvalue weighted by molar-refractivity contribution is -0.129.